The summed E-state index contributed by atoms with van der Waals surface area (Å²) in [6.07, 6.45) is 10.3. The van der Waals surface area contributed by atoms with Crippen LogP contribution < -0.4 is 0 Å². The Bertz CT molecular complexity index is 821. The van der Waals surface area contributed by atoms with E-state index in [1.807, 2.05) is 17.1 Å². The summed E-state index contributed by atoms with van der Waals surface area (Å²) in [4.78, 5) is 15.4. The number of aromatic nitrogens is 4. The zero-order valence-corrected chi connectivity index (χ0v) is 17.4. The van der Waals surface area contributed by atoms with Gasteiger partial charge < -0.3 is 14.9 Å². The van der Waals surface area contributed by atoms with Gasteiger partial charge in [0.15, 0.2) is 0 Å². The second-order valence-electron chi connectivity index (χ2n) is 8.59. The third kappa shape index (κ3) is 4.32. The molecule has 4 rings (SSSR count). The van der Waals surface area contributed by atoms with Crippen molar-refractivity contribution in [3.05, 3.63) is 24.7 Å². The number of hydrogen-bond donors (Lipinski definition) is 1. The van der Waals surface area contributed by atoms with Gasteiger partial charge in [0.2, 0.25) is 0 Å². The minimum absolute atomic E-state index is 0.347. The smallest absolute Gasteiger partial charge is 0.407 e. The van der Waals surface area contributed by atoms with Crippen molar-refractivity contribution < 1.29 is 9.90 Å². The molecule has 1 unspecified atom stereocenters. The quantitative estimate of drug-likeness (QED) is 0.850. The molecule has 8 heteroatoms. The van der Waals surface area contributed by atoms with Crippen molar-refractivity contribution in [1.82, 2.24) is 29.4 Å². The monoisotopic (exact) mass is 400 g/mol. The van der Waals surface area contributed by atoms with Crippen LogP contribution in [0, 0.1) is 0 Å². The topological polar surface area (TPSA) is 79.4 Å². The first-order valence-corrected chi connectivity index (χ1v) is 10.8. The van der Waals surface area contributed by atoms with Crippen molar-refractivity contribution >= 4 is 6.09 Å². The normalized spacial score (nSPS) is 22.2. The van der Waals surface area contributed by atoms with E-state index >= 15 is 0 Å². The van der Waals surface area contributed by atoms with Gasteiger partial charge >= 0.3 is 6.09 Å². The van der Waals surface area contributed by atoms with Gasteiger partial charge in [0, 0.05) is 56.2 Å². The van der Waals surface area contributed by atoms with Crippen LogP contribution in [0.25, 0.3) is 11.3 Å². The highest BCUT2D eigenvalue weighted by atomic mass is 16.4. The summed E-state index contributed by atoms with van der Waals surface area (Å²) in [6.45, 7) is 7.69. The van der Waals surface area contributed by atoms with Crippen LogP contribution >= 0.6 is 0 Å². The van der Waals surface area contributed by atoms with Gasteiger partial charge in [-0.25, -0.2) is 4.79 Å². The average Bonchev–Trinajstić information content (AvgIpc) is 3.32. The molecule has 2 fully saturated rings. The Morgan fingerprint density at radius 3 is 2.52 bits per heavy atom. The summed E-state index contributed by atoms with van der Waals surface area (Å²) in [5.41, 5.74) is 2.26. The average molecular weight is 401 g/mol. The third-order valence-electron chi connectivity index (χ3n) is 6.43. The summed E-state index contributed by atoms with van der Waals surface area (Å²) >= 11 is 0. The Morgan fingerprint density at radius 2 is 1.83 bits per heavy atom. The summed E-state index contributed by atoms with van der Waals surface area (Å²) in [7, 11) is 0. The number of amides is 1. The second kappa shape index (κ2) is 8.57. The number of piperidine rings is 1. The van der Waals surface area contributed by atoms with E-state index in [0.29, 0.717) is 31.2 Å². The summed E-state index contributed by atoms with van der Waals surface area (Å²) in [6, 6.07) is 3.33. The number of carboxylic acid groups (broad SMARTS) is 1. The zero-order chi connectivity index (χ0) is 20.4. The lowest BCUT2D eigenvalue weighted by Crippen LogP contribution is -2.42. The number of carbonyl (C=O) groups is 1. The Morgan fingerprint density at radius 1 is 1.07 bits per heavy atom. The van der Waals surface area contributed by atoms with Crippen LogP contribution in [0.15, 0.2) is 24.7 Å². The van der Waals surface area contributed by atoms with Crippen LogP contribution in [0.5, 0.6) is 0 Å². The van der Waals surface area contributed by atoms with E-state index in [2.05, 4.69) is 45.9 Å². The van der Waals surface area contributed by atoms with Gasteiger partial charge in [-0.2, -0.15) is 10.2 Å². The molecule has 0 spiro atoms. The van der Waals surface area contributed by atoms with Gasteiger partial charge in [-0.3, -0.25) is 9.36 Å². The summed E-state index contributed by atoms with van der Waals surface area (Å²) in [5, 5.41) is 18.4. The Balaban J connectivity index is 1.38. The highest BCUT2D eigenvalue weighted by Crippen LogP contribution is 2.30. The first-order chi connectivity index (χ1) is 14.0. The van der Waals surface area contributed by atoms with Crippen molar-refractivity contribution in [2.45, 2.75) is 64.1 Å². The molecule has 4 heterocycles. The van der Waals surface area contributed by atoms with Crippen LogP contribution in [0.4, 0.5) is 4.79 Å². The lowest BCUT2D eigenvalue weighted by atomic mass is 9.99. The van der Waals surface area contributed by atoms with E-state index in [1.54, 1.807) is 4.90 Å². The molecule has 2 aromatic heterocycles. The number of hydrogen-bond acceptors (Lipinski definition) is 4. The molecule has 0 aliphatic carbocycles. The Hall–Kier alpha value is -2.35. The lowest BCUT2D eigenvalue weighted by molar-refractivity contribution is 0.118. The van der Waals surface area contributed by atoms with Gasteiger partial charge in [0.1, 0.15) is 0 Å². The van der Waals surface area contributed by atoms with Crippen LogP contribution in [0.3, 0.4) is 0 Å². The van der Waals surface area contributed by atoms with Gasteiger partial charge in [0.05, 0.1) is 17.9 Å². The molecule has 158 valence electrons. The fourth-order valence-corrected chi connectivity index (χ4v) is 4.72. The van der Waals surface area contributed by atoms with E-state index in [9.17, 15) is 9.90 Å². The molecule has 0 bridgehead atoms. The molecule has 2 aliphatic heterocycles. The van der Waals surface area contributed by atoms with Crippen molar-refractivity contribution in [3.63, 3.8) is 0 Å². The number of likely N-dealkylation sites (tertiary alicyclic amines) is 2. The van der Waals surface area contributed by atoms with E-state index in [1.165, 1.54) is 0 Å². The molecule has 0 aromatic carbocycles. The van der Waals surface area contributed by atoms with Gasteiger partial charge in [-0.05, 0) is 52.0 Å². The van der Waals surface area contributed by atoms with Crippen molar-refractivity contribution in [3.8, 4) is 11.3 Å². The maximum atomic E-state index is 11.2. The molecule has 2 saturated heterocycles. The highest BCUT2D eigenvalue weighted by molar-refractivity contribution is 5.64. The van der Waals surface area contributed by atoms with Crippen molar-refractivity contribution in [2.24, 2.45) is 0 Å². The lowest BCUT2D eigenvalue weighted by Gasteiger charge is -2.37. The molecule has 2 aromatic rings. The maximum Gasteiger partial charge on any atom is 0.407 e. The minimum atomic E-state index is -0.781. The molecule has 0 radical (unpaired) electrons. The molecular formula is C21H32N6O2. The first-order valence-electron chi connectivity index (χ1n) is 10.8. The molecule has 0 saturated carbocycles. The molecule has 8 nitrogen and oxygen atoms in total. The standard InChI is InChI=1S/C21H32N6O2/c1-16(2)26-15-17(14-23-26)20-5-9-22-27(20)19-7-11-24(12-8-19)18-4-3-10-25(13-6-18)21(28)29/h5,9,14-16,18-19H,3-4,6-8,10-13H2,1-2H3,(H,28,29). The fourth-order valence-electron chi connectivity index (χ4n) is 4.72. The van der Waals surface area contributed by atoms with Gasteiger partial charge in [-0.1, -0.05) is 0 Å². The largest absolute Gasteiger partial charge is 0.465 e. The van der Waals surface area contributed by atoms with Gasteiger partial charge in [-0.15, -0.1) is 0 Å². The van der Waals surface area contributed by atoms with Crippen LogP contribution in [-0.2, 0) is 0 Å². The van der Waals surface area contributed by atoms with E-state index in [-0.39, 0.29) is 0 Å². The van der Waals surface area contributed by atoms with Crippen molar-refractivity contribution in [2.75, 3.05) is 26.2 Å². The van der Waals surface area contributed by atoms with E-state index in [0.717, 1.165) is 56.5 Å². The molecule has 2 aliphatic rings. The van der Waals surface area contributed by atoms with Crippen LogP contribution in [-0.4, -0.2) is 72.8 Å². The molecule has 1 N–H and O–H groups in total. The van der Waals surface area contributed by atoms with Crippen molar-refractivity contribution in [1.29, 1.82) is 0 Å². The summed E-state index contributed by atoms with van der Waals surface area (Å²) in [5.74, 6) is 0. The maximum absolute atomic E-state index is 11.2. The third-order valence-corrected chi connectivity index (χ3v) is 6.43. The predicted octanol–water partition coefficient (Wildman–Crippen LogP) is 3.50. The molecule has 29 heavy (non-hydrogen) atoms. The SMILES string of the molecule is CC(C)n1cc(-c2ccnn2C2CCN(C3CCCN(C(=O)O)CC3)CC2)cn1. The Labute approximate surface area is 172 Å². The number of nitrogens with zero attached hydrogens (tertiary/aromatic N) is 6. The highest BCUT2D eigenvalue weighted by Gasteiger charge is 2.29. The summed E-state index contributed by atoms with van der Waals surface area (Å²) < 4.78 is 4.17. The number of rotatable bonds is 4. The first kappa shape index (κ1) is 19.9. The van der Waals surface area contributed by atoms with Crippen LogP contribution in [0.1, 0.15) is 58.0 Å². The second-order valence-corrected chi connectivity index (χ2v) is 8.59. The molecule has 1 atom stereocenters. The molecular weight excluding hydrogens is 368 g/mol. The van der Waals surface area contributed by atoms with E-state index < -0.39 is 6.09 Å². The fraction of sp³-hybridized carbons (Fsp3) is 0.667. The predicted molar refractivity (Wildman–Crippen MR) is 111 cm³/mol. The zero-order valence-electron chi connectivity index (χ0n) is 17.4. The minimum Gasteiger partial charge on any atom is -0.465 e. The van der Waals surface area contributed by atoms with Crippen LogP contribution in [0.2, 0.25) is 0 Å². The van der Waals surface area contributed by atoms with Gasteiger partial charge in [0.25, 0.3) is 0 Å². The van der Waals surface area contributed by atoms with E-state index in [4.69, 9.17) is 0 Å². The molecule has 1 amide bonds. The Kier molecular flexibility index (Phi) is 5.89.